The Morgan fingerprint density at radius 3 is 2.29 bits per heavy atom. The summed E-state index contributed by atoms with van der Waals surface area (Å²) >= 11 is 0. The van der Waals surface area contributed by atoms with Gasteiger partial charge in [0.15, 0.2) is 5.41 Å². The molecule has 0 aliphatic carbocycles. The minimum atomic E-state index is -1.33. The van der Waals surface area contributed by atoms with Crippen LogP contribution in [0.1, 0.15) is 22.3 Å². The van der Waals surface area contributed by atoms with Gasteiger partial charge in [0.2, 0.25) is 5.91 Å². The molecule has 28 heavy (non-hydrogen) atoms. The SMILES string of the molecule is Cc1cc(C)cc(N2C(=O)NC(=O)C3(Cc4cc(C)ccc4N(C)C3)C2=O)c1. The summed E-state index contributed by atoms with van der Waals surface area (Å²) in [6.45, 7) is 6.03. The maximum atomic E-state index is 13.6. The highest BCUT2D eigenvalue weighted by atomic mass is 16.2. The van der Waals surface area contributed by atoms with Crippen molar-refractivity contribution in [1.29, 1.82) is 0 Å². The van der Waals surface area contributed by atoms with Gasteiger partial charge in [0.25, 0.3) is 5.91 Å². The number of carbonyl (C=O) groups excluding carboxylic acids is 3. The first-order valence-electron chi connectivity index (χ1n) is 9.30. The average molecular weight is 377 g/mol. The van der Waals surface area contributed by atoms with Crippen molar-refractivity contribution in [3.63, 3.8) is 0 Å². The molecule has 144 valence electrons. The number of hydrogen-bond donors (Lipinski definition) is 1. The molecular formula is C22H23N3O3. The number of nitrogens with one attached hydrogen (secondary N) is 1. The van der Waals surface area contributed by atoms with Crippen LogP contribution in [0.2, 0.25) is 0 Å². The van der Waals surface area contributed by atoms with Crippen LogP contribution in [0.25, 0.3) is 0 Å². The lowest BCUT2D eigenvalue weighted by molar-refractivity contribution is -0.142. The summed E-state index contributed by atoms with van der Waals surface area (Å²) in [5.41, 5.74) is 4.06. The lowest BCUT2D eigenvalue weighted by Crippen LogP contribution is -2.68. The topological polar surface area (TPSA) is 69.7 Å². The van der Waals surface area contributed by atoms with Gasteiger partial charge in [-0.25, -0.2) is 9.69 Å². The fraction of sp³-hybridized carbons (Fsp3) is 0.318. The maximum Gasteiger partial charge on any atom is 0.335 e. The molecule has 2 aromatic rings. The van der Waals surface area contributed by atoms with Gasteiger partial charge < -0.3 is 4.90 Å². The van der Waals surface area contributed by atoms with Crippen LogP contribution in [-0.4, -0.2) is 31.4 Å². The van der Waals surface area contributed by atoms with E-state index in [1.165, 1.54) is 0 Å². The van der Waals surface area contributed by atoms with E-state index in [0.29, 0.717) is 5.69 Å². The molecule has 1 atom stereocenters. The number of barbiturate groups is 1. The third-order valence-corrected chi connectivity index (χ3v) is 5.58. The zero-order chi connectivity index (χ0) is 20.2. The molecule has 1 fully saturated rings. The molecule has 0 saturated carbocycles. The van der Waals surface area contributed by atoms with Crippen molar-refractivity contribution in [1.82, 2.24) is 5.32 Å². The summed E-state index contributed by atoms with van der Waals surface area (Å²) in [6.07, 6.45) is 0.271. The molecule has 4 rings (SSSR count). The highest BCUT2D eigenvalue weighted by Crippen LogP contribution is 2.40. The van der Waals surface area contributed by atoms with Crippen molar-refractivity contribution in [3.05, 3.63) is 58.7 Å². The molecule has 2 heterocycles. The first-order chi connectivity index (χ1) is 13.2. The molecule has 1 N–H and O–H groups in total. The lowest BCUT2D eigenvalue weighted by atomic mass is 9.74. The van der Waals surface area contributed by atoms with E-state index in [1.54, 1.807) is 12.1 Å². The van der Waals surface area contributed by atoms with Crippen molar-refractivity contribution in [2.24, 2.45) is 5.41 Å². The van der Waals surface area contributed by atoms with Crippen LogP contribution >= 0.6 is 0 Å². The Balaban J connectivity index is 1.82. The van der Waals surface area contributed by atoms with Crippen LogP contribution < -0.4 is 15.1 Å². The Morgan fingerprint density at radius 2 is 1.61 bits per heavy atom. The third kappa shape index (κ3) is 2.68. The maximum absolute atomic E-state index is 13.6. The molecular weight excluding hydrogens is 354 g/mol. The average Bonchev–Trinajstić information content (AvgIpc) is 2.59. The molecule has 6 nitrogen and oxygen atoms in total. The van der Waals surface area contributed by atoms with Gasteiger partial charge in [-0.3, -0.25) is 14.9 Å². The fourth-order valence-corrected chi connectivity index (χ4v) is 4.38. The fourth-order valence-electron chi connectivity index (χ4n) is 4.38. The number of anilines is 2. The van der Waals surface area contributed by atoms with Crippen molar-refractivity contribution >= 4 is 29.2 Å². The van der Waals surface area contributed by atoms with E-state index in [2.05, 4.69) is 5.32 Å². The molecule has 0 bridgehead atoms. The second-order valence-corrected chi connectivity index (χ2v) is 7.99. The van der Waals surface area contributed by atoms with Gasteiger partial charge in [-0.2, -0.15) is 0 Å². The second-order valence-electron chi connectivity index (χ2n) is 7.99. The smallest absolute Gasteiger partial charge is 0.335 e. The van der Waals surface area contributed by atoms with Gasteiger partial charge in [-0.1, -0.05) is 23.8 Å². The number of fused-ring (bicyclic) bond motifs is 1. The van der Waals surface area contributed by atoms with Crippen LogP contribution in [0.15, 0.2) is 36.4 Å². The number of aryl methyl sites for hydroxylation is 3. The number of imide groups is 2. The van der Waals surface area contributed by atoms with Gasteiger partial charge in [-0.15, -0.1) is 0 Å². The predicted molar refractivity (Wildman–Crippen MR) is 108 cm³/mol. The summed E-state index contributed by atoms with van der Waals surface area (Å²) in [4.78, 5) is 42.2. The van der Waals surface area contributed by atoms with Crippen LogP contribution in [0, 0.1) is 26.2 Å². The lowest BCUT2D eigenvalue weighted by Gasteiger charge is -2.45. The summed E-state index contributed by atoms with van der Waals surface area (Å²) in [6, 6.07) is 10.9. The van der Waals surface area contributed by atoms with Gasteiger partial charge in [-0.05, 0) is 62.1 Å². The Labute approximate surface area is 164 Å². The van der Waals surface area contributed by atoms with E-state index in [4.69, 9.17) is 0 Å². The Morgan fingerprint density at radius 1 is 0.929 bits per heavy atom. The van der Waals surface area contributed by atoms with Crippen molar-refractivity contribution in [3.8, 4) is 0 Å². The van der Waals surface area contributed by atoms with E-state index in [-0.39, 0.29) is 13.0 Å². The molecule has 2 aromatic carbocycles. The molecule has 2 aliphatic heterocycles. The number of benzene rings is 2. The summed E-state index contributed by atoms with van der Waals surface area (Å²) < 4.78 is 0. The van der Waals surface area contributed by atoms with E-state index in [1.807, 2.05) is 57.0 Å². The quantitative estimate of drug-likeness (QED) is 0.776. The van der Waals surface area contributed by atoms with Gasteiger partial charge in [0.1, 0.15) is 0 Å². The largest absolute Gasteiger partial charge is 0.373 e. The zero-order valence-corrected chi connectivity index (χ0v) is 16.5. The van der Waals surface area contributed by atoms with Crippen LogP contribution in [0.5, 0.6) is 0 Å². The van der Waals surface area contributed by atoms with Gasteiger partial charge in [0.05, 0.1) is 5.69 Å². The van der Waals surface area contributed by atoms with Gasteiger partial charge >= 0.3 is 6.03 Å². The van der Waals surface area contributed by atoms with Crippen molar-refractivity contribution in [2.75, 3.05) is 23.4 Å². The standard InChI is InChI=1S/C22H23N3O3/c1-13-5-6-18-16(8-13)11-22(12-24(18)4)19(26)23-21(28)25(20(22)27)17-9-14(2)7-15(3)10-17/h5-10H,11-12H2,1-4H3,(H,23,26,28). The Bertz CT molecular complexity index is 1010. The number of rotatable bonds is 1. The number of amides is 4. The molecule has 0 aromatic heterocycles. The number of carbonyl (C=O) groups is 3. The first kappa shape index (κ1) is 18.2. The summed E-state index contributed by atoms with van der Waals surface area (Å²) in [7, 11) is 1.87. The zero-order valence-electron chi connectivity index (χ0n) is 16.5. The van der Waals surface area contributed by atoms with E-state index < -0.39 is 23.3 Å². The summed E-state index contributed by atoms with van der Waals surface area (Å²) in [5.74, 6) is -0.993. The van der Waals surface area contributed by atoms with Crippen molar-refractivity contribution < 1.29 is 14.4 Å². The molecule has 1 unspecified atom stereocenters. The minimum Gasteiger partial charge on any atom is -0.373 e. The van der Waals surface area contributed by atoms with Crippen LogP contribution in [0.4, 0.5) is 16.2 Å². The molecule has 0 radical (unpaired) electrons. The number of nitrogens with zero attached hydrogens (tertiary/aromatic N) is 2. The monoisotopic (exact) mass is 377 g/mol. The molecule has 2 aliphatic rings. The summed E-state index contributed by atoms with van der Waals surface area (Å²) in [5, 5.41) is 2.42. The van der Waals surface area contributed by atoms with Crippen LogP contribution in [-0.2, 0) is 16.0 Å². The normalized spacial score (nSPS) is 21.8. The molecule has 6 heteroatoms. The first-order valence-corrected chi connectivity index (χ1v) is 9.30. The van der Waals surface area contributed by atoms with E-state index in [9.17, 15) is 14.4 Å². The van der Waals surface area contributed by atoms with Crippen molar-refractivity contribution in [2.45, 2.75) is 27.2 Å². The van der Waals surface area contributed by atoms with Gasteiger partial charge in [0, 0.05) is 19.3 Å². The minimum absolute atomic E-state index is 0.225. The Hall–Kier alpha value is -3.15. The molecule has 4 amide bonds. The highest BCUT2D eigenvalue weighted by molar-refractivity contribution is 6.30. The van der Waals surface area contributed by atoms with E-state index >= 15 is 0 Å². The third-order valence-electron chi connectivity index (χ3n) is 5.58. The van der Waals surface area contributed by atoms with Crippen LogP contribution in [0.3, 0.4) is 0 Å². The Kier molecular flexibility index (Phi) is 4.03. The van der Waals surface area contributed by atoms with E-state index in [0.717, 1.165) is 32.8 Å². The molecule has 1 saturated heterocycles. The second kappa shape index (κ2) is 6.19. The number of urea groups is 1. The number of hydrogen-bond acceptors (Lipinski definition) is 4. The predicted octanol–water partition coefficient (Wildman–Crippen LogP) is 2.87. The highest BCUT2D eigenvalue weighted by Gasteiger charge is 2.56. The molecule has 1 spiro atoms.